The fourth-order valence-electron chi connectivity index (χ4n) is 3.58. The zero-order valence-corrected chi connectivity index (χ0v) is 12.4. The third-order valence-electron chi connectivity index (χ3n) is 4.70. The first kappa shape index (κ1) is 15.1. The zero-order valence-electron chi connectivity index (χ0n) is 12.4. The Hall–Kier alpha value is -1.30. The molecule has 1 saturated heterocycles. The minimum Gasteiger partial charge on any atom is -0.409 e. The summed E-state index contributed by atoms with van der Waals surface area (Å²) in [6.45, 7) is 4.91. The van der Waals surface area contributed by atoms with Gasteiger partial charge in [-0.1, -0.05) is 12.1 Å². The average Bonchev–Trinajstić information content (AvgIpc) is 2.40. The molecular formula is C14H26N4O2. The highest BCUT2D eigenvalue weighted by atomic mass is 16.4. The van der Waals surface area contributed by atoms with Crippen LogP contribution in [0.3, 0.4) is 0 Å². The number of carbonyl (C=O) groups excluding carboxylic acids is 1. The van der Waals surface area contributed by atoms with Crippen LogP contribution in [0.5, 0.6) is 0 Å². The maximum absolute atomic E-state index is 12.4. The molecule has 0 aromatic carbocycles. The number of amidine groups is 1. The Balaban J connectivity index is 1.90. The van der Waals surface area contributed by atoms with E-state index >= 15 is 0 Å². The van der Waals surface area contributed by atoms with E-state index in [0.717, 1.165) is 19.5 Å². The van der Waals surface area contributed by atoms with E-state index in [9.17, 15) is 4.79 Å². The minimum absolute atomic E-state index is 0.0499. The van der Waals surface area contributed by atoms with Crippen molar-refractivity contribution in [2.75, 3.05) is 26.7 Å². The molecule has 114 valence electrons. The van der Waals surface area contributed by atoms with Crippen molar-refractivity contribution < 1.29 is 10.0 Å². The lowest BCUT2D eigenvalue weighted by Gasteiger charge is -2.44. The van der Waals surface area contributed by atoms with Crippen LogP contribution >= 0.6 is 0 Å². The van der Waals surface area contributed by atoms with Crippen molar-refractivity contribution in [1.82, 2.24) is 10.2 Å². The molecule has 0 aromatic heterocycles. The highest BCUT2D eigenvalue weighted by molar-refractivity contribution is 6.07. The molecule has 6 heteroatoms. The van der Waals surface area contributed by atoms with E-state index in [1.165, 1.54) is 6.42 Å². The Morgan fingerprint density at radius 1 is 1.55 bits per heavy atom. The molecule has 2 rings (SSSR count). The van der Waals surface area contributed by atoms with Crippen molar-refractivity contribution in [3.05, 3.63) is 0 Å². The number of rotatable bonds is 4. The molecule has 0 spiro atoms. The summed E-state index contributed by atoms with van der Waals surface area (Å²) in [5.74, 6) is 0.911. The third-order valence-corrected chi connectivity index (χ3v) is 4.70. The second kappa shape index (κ2) is 5.99. The van der Waals surface area contributed by atoms with E-state index in [0.29, 0.717) is 31.2 Å². The first-order chi connectivity index (χ1) is 9.48. The summed E-state index contributed by atoms with van der Waals surface area (Å²) in [5, 5.41) is 15.0. The number of nitrogens with one attached hydrogen (secondary N) is 1. The number of likely N-dealkylation sites (tertiary alicyclic amines) is 1. The second-order valence-corrected chi connectivity index (χ2v) is 6.56. The van der Waals surface area contributed by atoms with Crippen molar-refractivity contribution in [2.24, 2.45) is 28.1 Å². The SMILES string of the molecule is CC1CC(C(=O)NCC2CCCN(C)C2)(C(N)=NO)C1. The van der Waals surface area contributed by atoms with E-state index in [-0.39, 0.29) is 11.7 Å². The van der Waals surface area contributed by atoms with Crippen LogP contribution in [0.2, 0.25) is 0 Å². The molecule has 4 N–H and O–H groups in total. The Morgan fingerprint density at radius 2 is 2.25 bits per heavy atom. The summed E-state index contributed by atoms with van der Waals surface area (Å²) in [7, 11) is 2.11. The van der Waals surface area contributed by atoms with Crippen LogP contribution in [-0.2, 0) is 4.79 Å². The number of hydrogen-bond donors (Lipinski definition) is 3. The van der Waals surface area contributed by atoms with Gasteiger partial charge in [-0.05, 0) is 51.1 Å². The number of nitrogens with two attached hydrogens (primary N) is 1. The smallest absolute Gasteiger partial charge is 0.233 e. The minimum atomic E-state index is -0.783. The number of nitrogens with zero attached hydrogens (tertiary/aromatic N) is 2. The quantitative estimate of drug-likeness (QED) is 0.305. The molecule has 1 aliphatic heterocycles. The highest BCUT2D eigenvalue weighted by Crippen LogP contribution is 2.45. The number of oxime groups is 1. The predicted octanol–water partition coefficient (Wildman–Crippen LogP) is 0.607. The first-order valence-electron chi connectivity index (χ1n) is 7.43. The molecule has 1 amide bonds. The zero-order chi connectivity index (χ0) is 14.8. The van der Waals surface area contributed by atoms with E-state index in [2.05, 4.69) is 29.3 Å². The maximum Gasteiger partial charge on any atom is 0.233 e. The number of carbonyl (C=O) groups is 1. The molecule has 1 saturated carbocycles. The number of piperidine rings is 1. The van der Waals surface area contributed by atoms with Crippen LogP contribution in [-0.4, -0.2) is 48.5 Å². The average molecular weight is 282 g/mol. The van der Waals surface area contributed by atoms with Gasteiger partial charge in [0.2, 0.25) is 5.91 Å². The van der Waals surface area contributed by atoms with Gasteiger partial charge in [0.15, 0.2) is 5.84 Å². The summed E-state index contributed by atoms with van der Waals surface area (Å²) < 4.78 is 0. The molecule has 6 nitrogen and oxygen atoms in total. The lowest BCUT2D eigenvalue weighted by molar-refractivity contribution is -0.133. The molecule has 1 aliphatic carbocycles. The molecular weight excluding hydrogens is 256 g/mol. The molecule has 2 aliphatic rings. The summed E-state index contributed by atoms with van der Waals surface area (Å²) in [6.07, 6.45) is 3.66. The van der Waals surface area contributed by atoms with Crippen LogP contribution < -0.4 is 11.1 Å². The van der Waals surface area contributed by atoms with Crippen molar-refractivity contribution in [1.29, 1.82) is 0 Å². The van der Waals surface area contributed by atoms with Gasteiger partial charge in [0.1, 0.15) is 5.41 Å². The molecule has 20 heavy (non-hydrogen) atoms. The van der Waals surface area contributed by atoms with Gasteiger partial charge in [0.25, 0.3) is 0 Å². The van der Waals surface area contributed by atoms with E-state index in [1.54, 1.807) is 0 Å². The van der Waals surface area contributed by atoms with E-state index in [4.69, 9.17) is 10.9 Å². The van der Waals surface area contributed by atoms with Crippen LogP contribution in [0.1, 0.15) is 32.6 Å². The largest absolute Gasteiger partial charge is 0.409 e. The van der Waals surface area contributed by atoms with Crippen molar-refractivity contribution in [3.63, 3.8) is 0 Å². The molecule has 2 fully saturated rings. The van der Waals surface area contributed by atoms with Crippen LogP contribution in [0.4, 0.5) is 0 Å². The number of amides is 1. The molecule has 1 heterocycles. The lowest BCUT2D eigenvalue weighted by Crippen LogP contribution is -2.57. The second-order valence-electron chi connectivity index (χ2n) is 6.56. The van der Waals surface area contributed by atoms with Crippen molar-refractivity contribution in [3.8, 4) is 0 Å². The topological polar surface area (TPSA) is 91.0 Å². The summed E-state index contributed by atoms with van der Waals surface area (Å²) >= 11 is 0. The standard InChI is InChI=1S/C14H26N4O2/c1-10-6-14(7-10,12(15)17-20)13(19)16-8-11-4-3-5-18(2)9-11/h10-11,20H,3-9H2,1-2H3,(H2,15,17)(H,16,19). The van der Waals surface area contributed by atoms with Gasteiger partial charge in [-0.25, -0.2) is 0 Å². The predicted molar refractivity (Wildman–Crippen MR) is 77.5 cm³/mol. The summed E-state index contributed by atoms with van der Waals surface area (Å²) in [6, 6.07) is 0. The maximum atomic E-state index is 12.4. The Kier molecular flexibility index (Phi) is 4.52. The Bertz CT molecular complexity index is 391. The van der Waals surface area contributed by atoms with Crippen molar-refractivity contribution in [2.45, 2.75) is 32.6 Å². The molecule has 0 radical (unpaired) electrons. The highest BCUT2D eigenvalue weighted by Gasteiger charge is 2.52. The summed E-state index contributed by atoms with van der Waals surface area (Å²) in [5.41, 5.74) is 4.96. The van der Waals surface area contributed by atoms with Gasteiger partial charge in [0, 0.05) is 13.1 Å². The summed E-state index contributed by atoms with van der Waals surface area (Å²) in [4.78, 5) is 14.7. The van der Waals surface area contributed by atoms with Crippen LogP contribution in [0.25, 0.3) is 0 Å². The normalized spacial score (nSPS) is 35.4. The van der Waals surface area contributed by atoms with Gasteiger partial charge >= 0.3 is 0 Å². The fraction of sp³-hybridized carbons (Fsp3) is 0.857. The Morgan fingerprint density at radius 3 is 2.80 bits per heavy atom. The van der Waals surface area contributed by atoms with Gasteiger partial charge in [-0.3, -0.25) is 4.79 Å². The third kappa shape index (κ3) is 2.90. The molecule has 1 unspecified atom stereocenters. The van der Waals surface area contributed by atoms with E-state index < -0.39 is 5.41 Å². The van der Waals surface area contributed by atoms with Gasteiger partial charge in [-0.2, -0.15) is 0 Å². The van der Waals surface area contributed by atoms with Crippen molar-refractivity contribution >= 4 is 11.7 Å². The van der Waals surface area contributed by atoms with Gasteiger partial charge < -0.3 is 21.2 Å². The fourth-order valence-corrected chi connectivity index (χ4v) is 3.58. The number of hydrogen-bond acceptors (Lipinski definition) is 4. The lowest BCUT2D eigenvalue weighted by atomic mass is 9.61. The van der Waals surface area contributed by atoms with Crippen LogP contribution in [0.15, 0.2) is 5.16 Å². The molecule has 1 atom stereocenters. The van der Waals surface area contributed by atoms with Crippen LogP contribution in [0, 0.1) is 17.3 Å². The molecule has 0 aromatic rings. The molecule has 0 bridgehead atoms. The monoisotopic (exact) mass is 282 g/mol. The Labute approximate surface area is 120 Å². The van der Waals surface area contributed by atoms with Gasteiger partial charge in [0.05, 0.1) is 0 Å². The van der Waals surface area contributed by atoms with E-state index in [1.807, 2.05) is 0 Å². The first-order valence-corrected chi connectivity index (χ1v) is 7.43. The van der Waals surface area contributed by atoms with Gasteiger partial charge in [-0.15, -0.1) is 0 Å².